The molecule has 0 bridgehead atoms. The van der Waals surface area contributed by atoms with Crippen LogP contribution in [0.4, 0.5) is 0 Å². The SMILES string of the molecule is COC(=O)c1cccc(C(=O)NC(C)(C)CC(=O)N2CCC(O)(c3ccc(Cl)cc3)C(C)(C)C2)c1. The van der Waals surface area contributed by atoms with Gasteiger partial charge in [-0.2, -0.15) is 0 Å². The van der Waals surface area contributed by atoms with Gasteiger partial charge >= 0.3 is 5.97 Å². The molecule has 1 fully saturated rings. The van der Waals surface area contributed by atoms with Crippen molar-refractivity contribution in [1.82, 2.24) is 10.2 Å². The van der Waals surface area contributed by atoms with Crippen molar-refractivity contribution in [3.8, 4) is 0 Å². The topological polar surface area (TPSA) is 95.9 Å². The highest BCUT2D eigenvalue weighted by molar-refractivity contribution is 6.30. The van der Waals surface area contributed by atoms with Crippen molar-refractivity contribution in [2.24, 2.45) is 5.41 Å². The summed E-state index contributed by atoms with van der Waals surface area (Å²) in [7, 11) is 1.28. The molecule has 0 aromatic heterocycles. The van der Waals surface area contributed by atoms with E-state index < -0.39 is 22.5 Å². The molecule has 1 aliphatic heterocycles. The quantitative estimate of drug-likeness (QED) is 0.580. The van der Waals surface area contributed by atoms with Gasteiger partial charge in [-0.1, -0.05) is 43.6 Å². The molecular formula is C27H33ClN2O5. The Morgan fingerprint density at radius 1 is 1.11 bits per heavy atom. The minimum absolute atomic E-state index is 0.0882. The van der Waals surface area contributed by atoms with Gasteiger partial charge in [-0.3, -0.25) is 9.59 Å². The summed E-state index contributed by atoms with van der Waals surface area (Å²) in [5.74, 6) is -1.02. The Bertz CT molecular complexity index is 1110. The molecule has 1 atom stereocenters. The number of ether oxygens (including phenoxy) is 1. The number of carbonyl (C=O) groups excluding carboxylic acids is 3. The maximum Gasteiger partial charge on any atom is 0.337 e. The Balaban J connectivity index is 1.66. The highest BCUT2D eigenvalue weighted by atomic mass is 35.5. The van der Waals surface area contributed by atoms with E-state index in [1.807, 2.05) is 26.0 Å². The molecule has 35 heavy (non-hydrogen) atoms. The summed E-state index contributed by atoms with van der Waals surface area (Å²) in [6, 6.07) is 13.4. The van der Waals surface area contributed by atoms with Crippen LogP contribution < -0.4 is 5.32 Å². The third-order valence-electron chi connectivity index (χ3n) is 6.71. The minimum Gasteiger partial charge on any atom is -0.465 e. The Hall–Kier alpha value is -2.90. The summed E-state index contributed by atoms with van der Waals surface area (Å²) in [4.78, 5) is 39.5. The summed E-state index contributed by atoms with van der Waals surface area (Å²) in [5.41, 5.74) is -1.16. The van der Waals surface area contributed by atoms with Gasteiger partial charge in [0.2, 0.25) is 5.91 Å². The molecule has 2 aromatic carbocycles. The molecule has 2 amide bonds. The lowest BCUT2D eigenvalue weighted by Gasteiger charge is -2.51. The number of methoxy groups -OCH3 is 1. The molecule has 8 heteroatoms. The number of esters is 1. The number of piperidine rings is 1. The Morgan fingerprint density at radius 3 is 2.34 bits per heavy atom. The van der Waals surface area contributed by atoms with Crippen LogP contribution in [-0.4, -0.2) is 53.5 Å². The highest BCUT2D eigenvalue weighted by Crippen LogP contribution is 2.46. The number of aliphatic hydroxyl groups is 1. The monoisotopic (exact) mass is 500 g/mol. The number of hydrogen-bond donors (Lipinski definition) is 2. The first-order valence-corrected chi connectivity index (χ1v) is 11.9. The van der Waals surface area contributed by atoms with E-state index in [-0.39, 0.29) is 23.8 Å². The first-order valence-electron chi connectivity index (χ1n) is 11.6. The molecule has 188 valence electrons. The summed E-state index contributed by atoms with van der Waals surface area (Å²) >= 11 is 6.01. The fourth-order valence-electron chi connectivity index (χ4n) is 4.61. The predicted octanol–water partition coefficient (Wildman–Crippen LogP) is 4.17. The zero-order chi connectivity index (χ0) is 26.0. The second-order valence-corrected chi connectivity index (χ2v) is 10.8. The van der Waals surface area contributed by atoms with Gasteiger partial charge < -0.3 is 20.1 Å². The minimum atomic E-state index is -1.09. The second-order valence-electron chi connectivity index (χ2n) is 10.4. The molecule has 7 nitrogen and oxygen atoms in total. The van der Waals surface area contributed by atoms with Gasteiger partial charge in [-0.15, -0.1) is 0 Å². The standard InChI is InChI=1S/C27H33ClN2O5/c1-25(2)17-30(14-13-27(25,34)20-9-11-21(28)12-10-20)22(31)16-26(3,4)29-23(32)18-7-6-8-19(15-18)24(33)35-5/h6-12,15,34H,13-14,16-17H2,1-5H3,(H,29,32). The van der Waals surface area contributed by atoms with E-state index in [4.69, 9.17) is 16.3 Å². The zero-order valence-electron chi connectivity index (χ0n) is 20.9. The molecule has 1 saturated heterocycles. The first kappa shape index (κ1) is 26.7. The van der Waals surface area contributed by atoms with Crippen molar-refractivity contribution in [3.63, 3.8) is 0 Å². The third-order valence-corrected chi connectivity index (χ3v) is 6.97. The predicted molar refractivity (Wildman–Crippen MR) is 134 cm³/mol. The average Bonchev–Trinajstić information content (AvgIpc) is 2.80. The van der Waals surface area contributed by atoms with Crippen molar-refractivity contribution < 1.29 is 24.2 Å². The van der Waals surface area contributed by atoms with E-state index in [9.17, 15) is 19.5 Å². The van der Waals surface area contributed by atoms with Crippen LogP contribution in [0.1, 0.15) is 66.8 Å². The van der Waals surface area contributed by atoms with E-state index in [0.717, 1.165) is 5.56 Å². The summed E-state index contributed by atoms with van der Waals surface area (Å²) in [6.45, 7) is 8.23. The van der Waals surface area contributed by atoms with Crippen molar-refractivity contribution in [2.45, 2.75) is 51.7 Å². The normalized spacial score (nSPS) is 19.7. The van der Waals surface area contributed by atoms with Gasteiger partial charge in [0.1, 0.15) is 0 Å². The lowest BCUT2D eigenvalue weighted by Crippen LogP contribution is -2.58. The van der Waals surface area contributed by atoms with E-state index in [0.29, 0.717) is 30.1 Å². The number of carbonyl (C=O) groups is 3. The van der Waals surface area contributed by atoms with Crippen LogP contribution in [-0.2, 0) is 15.1 Å². The molecule has 1 heterocycles. The van der Waals surface area contributed by atoms with Crippen molar-refractivity contribution in [1.29, 1.82) is 0 Å². The van der Waals surface area contributed by atoms with Crippen LogP contribution >= 0.6 is 11.6 Å². The summed E-state index contributed by atoms with van der Waals surface area (Å²) in [5, 5.41) is 15.0. The molecular weight excluding hydrogens is 468 g/mol. The Kier molecular flexibility index (Phi) is 7.62. The molecule has 2 N–H and O–H groups in total. The molecule has 0 spiro atoms. The number of halogens is 1. The summed E-state index contributed by atoms with van der Waals surface area (Å²) in [6.07, 6.45) is 0.478. The van der Waals surface area contributed by atoms with Crippen LogP contribution in [0.25, 0.3) is 0 Å². The van der Waals surface area contributed by atoms with Crippen molar-refractivity contribution >= 4 is 29.4 Å². The number of nitrogens with zero attached hydrogens (tertiary/aromatic N) is 1. The van der Waals surface area contributed by atoms with Crippen LogP contribution in [0, 0.1) is 5.41 Å². The lowest BCUT2D eigenvalue weighted by molar-refractivity contribution is -0.154. The number of benzene rings is 2. The molecule has 0 saturated carbocycles. The molecule has 1 aliphatic rings. The maximum absolute atomic E-state index is 13.2. The molecule has 0 aliphatic carbocycles. The average molecular weight is 501 g/mol. The Labute approximate surface area is 211 Å². The first-order chi connectivity index (χ1) is 16.3. The number of hydrogen-bond acceptors (Lipinski definition) is 5. The molecule has 0 radical (unpaired) electrons. The molecule has 3 rings (SSSR count). The molecule has 1 unspecified atom stereocenters. The number of amides is 2. The van der Waals surface area contributed by atoms with E-state index in [1.54, 1.807) is 49.1 Å². The van der Waals surface area contributed by atoms with Gasteiger partial charge in [0.05, 0.1) is 18.3 Å². The van der Waals surface area contributed by atoms with Crippen LogP contribution in [0.5, 0.6) is 0 Å². The fraction of sp³-hybridized carbons (Fsp3) is 0.444. The van der Waals surface area contributed by atoms with Gasteiger partial charge in [-0.05, 0) is 56.2 Å². The van der Waals surface area contributed by atoms with Crippen molar-refractivity contribution in [3.05, 3.63) is 70.2 Å². The van der Waals surface area contributed by atoms with Crippen LogP contribution in [0.3, 0.4) is 0 Å². The number of rotatable bonds is 6. The van der Waals surface area contributed by atoms with E-state index >= 15 is 0 Å². The fourth-order valence-corrected chi connectivity index (χ4v) is 4.74. The summed E-state index contributed by atoms with van der Waals surface area (Å²) < 4.78 is 4.71. The number of likely N-dealkylation sites (tertiary alicyclic amines) is 1. The van der Waals surface area contributed by atoms with Crippen LogP contribution in [0.2, 0.25) is 5.02 Å². The number of nitrogens with one attached hydrogen (secondary N) is 1. The van der Waals surface area contributed by atoms with Gasteiger partial charge in [0.15, 0.2) is 0 Å². The van der Waals surface area contributed by atoms with Crippen LogP contribution in [0.15, 0.2) is 48.5 Å². The lowest BCUT2D eigenvalue weighted by atomic mass is 9.66. The largest absolute Gasteiger partial charge is 0.465 e. The van der Waals surface area contributed by atoms with Crippen molar-refractivity contribution in [2.75, 3.05) is 20.2 Å². The van der Waals surface area contributed by atoms with Gasteiger partial charge in [0, 0.05) is 41.1 Å². The highest BCUT2D eigenvalue weighted by Gasteiger charge is 2.49. The smallest absolute Gasteiger partial charge is 0.337 e. The second kappa shape index (κ2) is 9.99. The van der Waals surface area contributed by atoms with E-state index in [2.05, 4.69) is 5.32 Å². The van der Waals surface area contributed by atoms with Gasteiger partial charge in [0.25, 0.3) is 5.91 Å². The van der Waals surface area contributed by atoms with Gasteiger partial charge in [-0.25, -0.2) is 4.79 Å². The third kappa shape index (κ3) is 5.85. The molecule has 2 aromatic rings. The van der Waals surface area contributed by atoms with E-state index in [1.165, 1.54) is 13.2 Å². The Morgan fingerprint density at radius 2 is 1.74 bits per heavy atom. The maximum atomic E-state index is 13.2. The zero-order valence-corrected chi connectivity index (χ0v) is 21.6.